The summed E-state index contributed by atoms with van der Waals surface area (Å²) in [6.07, 6.45) is 1.53. The molecule has 0 atom stereocenters. The first-order valence-electron chi connectivity index (χ1n) is 9.75. The maximum atomic E-state index is 13.1. The second-order valence-corrected chi connectivity index (χ2v) is 8.27. The second kappa shape index (κ2) is 8.31. The van der Waals surface area contributed by atoms with Crippen molar-refractivity contribution in [2.45, 2.75) is 27.3 Å². The van der Waals surface area contributed by atoms with Crippen LogP contribution in [0.25, 0.3) is 15.9 Å². The molecular formula is C23H22N4O3S. The van der Waals surface area contributed by atoms with E-state index in [0.717, 1.165) is 27.0 Å². The summed E-state index contributed by atoms with van der Waals surface area (Å²) in [7, 11) is 1.34. The van der Waals surface area contributed by atoms with Crippen molar-refractivity contribution in [3.63, 3.8) is 0 Å². The number of carbonyl (C=O) groups is 2. The number of ether oxygens (including phenoxy) is 1. The molecule has 2 heterocycles. The number of amides is 1. The van der Waals surface area contributed by atoms with Gasteiger partial charge >= 0.3 is 5.97 Å². The lowest BCUT2D eigenvalue weighted by Gasteiger charge is -2.06. The lowest BCUT2D eigenvalue weighted by atomic mass is 10.1. The molecule has 2 aromatic heterocycles. The number of fused-ring (bicyclic) bond motifs is 1. The number of aryl methyl sites for hydroxylation is 2. The number of methoxy groups -OCH3 is 1. The van der Waals surface area contributed by atoms with Crippen molar-refractivity contribution >= 4 is 33.4 Å². The Kier molecular flexibility index (Phi) is 5.56. The Morgan fingerprint density at radius 3 is 2.52 bits per heavy atom. The van der Waals surface area contributed by atoms with Gasteiger partial charge in [-0.1, -0.05) is 29.5 Å². The van der Waals surface area contributed by atoms with E-state index in [9.17, 15) is 9.59 Å². The van der Waals surface area contributed by atoms with E-state index < -0.39 is 11.9 Å². The average Bonchev–Trinajstić information content (AvgIpc) is 3.29. The molecule has 1 amide bonds. The number of para-hydroxylation sites is 1. The van der Waals surface area contributed by atoms with Crippen LogP contribution in [0.3, 0.4) is 0 Å². The summed E-state index contributed by atoms with van der Waals surface area (Å²) in [6.45, 7) is 5.86. The van der Waals surface area contributed by atoms with Crippen LogP contribution in [0, 0.1) is 20.8 Å². The average molecular weight is 435 g/mol. The van der Waals surface area contributed by atoms with Crippen LogP contribution in [0.4, 0.5) is 0 Å². The third-order valence-electron chi connectivity index (χ3n) is 5.25. The fourth-order valence-corrected chi connectivity index (χ4v) is 4.46. The molecule has 0 fully saturated rings. The van der Waals surface area contributed by atoms with Gasteiger partial charge in [-0.3, -0.25) is 9.59 Å². The van der Waals surface area contributed by atoms with E-state index in [4.69, 9.17) is 4.74 Å². The van der Waals surface area contributed by atoms with Crippen LogP contribution in [-0.4, -0.2) is 33.3 Å². The molecule has 0 aliphatic rings. The highest BCUT2D eigenvalue weighted by molar-refractivity contribution is 7.16. The van der Waals surface area contributed by atoms with E-state index in [1.165, 1.54) is 24.6 Å². The number of carbonyl (C=O) groups excluding carboxylic acids is 2. The number of benzene rings is 2. The molecule has 8 heteroatoms. The Morgan fingerprint density at radius 2 is 1.81 bits per heavy atom. The Hall–Kier alpha value is -3.52. The molecular weight excluding hydrogens is 412 g/mol. The third-order valence-corrected chi connectivity index (χ3v) is 6.29. The molecule has 0 spiro atoms. The monoisotopic (exact) mass is 434 g/mol. The number of hydrogen-bond acceptors (Lipinski definition) is 5. The van der Waals surface area contributed by atoms with Gasteiger partial charge in [-0.15, -0.1) is 0 Å². The fraction of sp³-hybridized carbons (Fsp3) is 0.217. The number of nitrogens with zero attached hydrogens (tertiary/aromatic N) is 4. The molecule has 0 aliphatic heterocycles. The maximum absolute atomic E-state index is 13.1. The minimum atomic E-state index is -0.404. The zero-order chi connectivity index (χ0) is 22.1. The predicted octanol–water partition coefficient (Wildman–Crippen LogP) is 3.73. The molecule has 4 aromatic rings. The number of rotatable bonds is 4. The molecule has 158 valence electrons. The molecule has 0 unspecified atom stereocenters. The summed E-state index contributed by atoms with van der Waals surface area (Å²) < 4.78 is 9.24. The molecule has 7 nitrogen and oxygen atoms in total. The number of hydrogen-bond donors (Lipinski definition) is 0. The van der Waals surface area contributed by atoms with Gasteiger partial charge in [0, 0.05) is 0 Å². The van der Waals surface area contributed by atoms with Crippen molar-refractivity contribution in [3.05, 3.63) is 75.8 Å². The smallest absolute Gasteiger partial charge is 0.325 e. The van der Waals surface area contributed by atoms with Crippen molar-refractivity contribution in [2.24, 2.45) is 4.99 Å². The van der Waals surface area contributed by atoms with Crippen molar-refractivity contribution in [1.29, 1.82) is 0 Å². The molecule has 4 rings (SSSR count). The maximum Gasteiger partial charge on any atom is 0.325 e. The molecule has 0 radical (unpaired) electrons. The SMILES string of the molecule is COC(=O)Cn1c(=NC(=O)c2cnn(-c3ccccc3)c2C)sc2cc(C)c(C)cc21. The zero-order valence-corrected chi connectivity index (χ0v) is 18.6. The van der Waals surface area contributed by atoms with Crippen LogP contribution < -0.4 is 4.80 Å². The second-order valence-electron chi connectivity index (χ2n) is 7.26. The van der Waals surface area contributed by atoms with Gasteiger partial charge in [-0.05, 0) is 56.2 Å². The summed E-state index contributed by atoms with van der Waals surface area (Å²) in [5, 5.41) is 4.36. The van der Waals surface area contributed by atoms with Gasteiger partial charge in [0.05, 0.1) is 40.5 Å². The standard InChI is InChI=1S/C23H22N4O3S/c1-14-10-19-20(11-15(14)2)31-23(26(19)13-21(28)30-4)25-22(29)18-12-24-27(16(18)3)17-8-6-5-7-9-17/h5-12H,13H2,1-4H3. The van der Waals surface area contributed by atoms with E-state index >= 15 is 0 Å². The first kappa shape index (κ1) is 20.7. The van der Waals surface area contributed by atoms with Crippen molar-refractivity contribution < 1.29 is 14.3 Å². The molecule has 0 N–H and O–H groups in total. The highest BCUT2D eigenvalue weighted by Gasteiger charge is 2.17. The summed E-state index contributed by atoms with van der Waals surface area (Å²) in [4.78, 5) is 29.9. The molecule has 0 saturated carbocycles. The molecule has 31 heavy (non-hydrogen) atoms. The lowest BCUT2D eigenvalue weighted by molar-refractivity contribution is -0.141. The number of thiazole rings is 1. The van der Waals surface area contributed by atoms with Gasteiger partial charge < -0.3 is 9.30 Å². The largest absolute Gasteiger partial charge is 0.468 e. The topological polar surface area (TPSA) is 78.5 Å². The van der Waals surface area contributed by atoms with Gasteiger partial charge in [-0.25, -0.2) is 4.68 Å². The van der Waals surface area contributed by atoms with Crippen LogP contribution in [0.15, 0.2) is 53.7 Å². The van der Waals surface area contributed by atoms with E-state index in [1.54, 1.807) is 9.25 Å². The van der Waals surface area contributed by atoms with Crippen LogP contribution >= 0.6 is 11.3 Å². The third kappa shape index (κ3) is 3.94. The van der Waals surface area contributed by atoms with E-state index in [1.807, 2.05) is 63.2 Å². The van der Waals surface area contributed by atoms with Gasteiger partial charge in [-0.2, -0.15) is 10.1 Å². The Bertz CT molecular complexity index is 1360. The normalized spacial score (nSPS) is 11.8. The summed E-state index contributed by atoms with van der Waals surface area (Å²) in [5.74, 6) is -0.807. The van der Waals surface area contributed by atoms with Crippen LogP contribution in [-0.2, 0) is 16.1 Å². The Balaban J connectivity index is 1.82. The summed E-state index contributed by atoms with van der Waals surface area (Å²) >= 11 is 1.37. The summed E-state index contributed by atoms with van der Waals surface area (Å²) in [5.41, 5.74) is 5.07. The molecule has 0 bridgehead atoms. The van der Waals surface area contributed by atoms with Crippen LogP contribution in [0.5, 0.6) is 0 Å². The van der Waals surface area contributed by atoms with Gasteiger partial charge in [0.2, 0.25) is 0 Å². The van der Waals surface area contributed by atoms with Crippen LogP contribution in [0.2, 0.25) is 0 Å². The van der Waals surface area contributed by atoms with Crippen molar-refractivity contribution in [3.8, 4) is 5.69 Å². The Morgan fingerprint density at radius 1 is 1.10 bits per heavy atom. The lowest BCUT2D eigenvalue weighted by Crippen LogP contribution is -2.22. The highest BCUT2D eigenvalue weighted by Crippen LogP contribution is 2.22. The predicted molar refractivity (Wildman–Crippen MR) is 119 cm³/mol. The summed E-state index contributed by atoms with van der Waals surface area (Å²) in [6, 6.07) is 13.7. The fourth-order valence-electron chi connectivity index (χ4n) is 3.35. The molecule has 0 aliphatic carbocycles. The van der Waals surface area contributed by atoms with Crippen LogP contribution in [0.1, 0.15) is 27.2 Å². The van der Waals surface area contributed by atoms with Crippen molar-refractivity contribution in [1.82, 2.24) is 14.3 Å². The minimum Gasteiger partial charge on any atom is -0.468 e. The first-order valence-corrected chi connectivity index (χ1v) is 10.6. The number of aromatic nitrogens is 3. The molecule has 2 aromatic carbocycles. The van der Waals surface area contributed by atoms with E-state index in [-0.39, 0.29) is 6.54 Å². The molecule has 0 saturated heterocycles. The van der Waals surface area contributed by atoms with E-state index in [0.29, 0.717) is 16.1 Å². The number of esters is 1. The quantitative estimate of drug-likeness (QED) is 0.459. The van der Waals surface area contributed by atoms with Gasteiger partial charge in [0.25, 0.3) is 5.91 Å². The zero-order valence-electron chi connectivity index (χ0n) is 17.7. The van der Waals surface area contributed by atoms with Gasteiger partial charge in [0.1, 0.15) is 6.54 Å². The van der Waals surface area contributed by atoms with E-state index in [2.05, 4.69) is 10.1 Å². The Labute approximate surface area is 183 Å². The van der Waals surface area contributed by atoms with Gasteiger partial charge in [0.15, 0.2) is 4.80 Å². The highest BCUT2D eigenvalue weighted by atomic mass is 32.1. The first-order chi connectivity index (χ1) is 14.9. The minimum absolute atomic E-state index is 0.0205. The van der Waals surface area contributed by atoms with Crippen molar-refractivity contribution in [2.75, 3.05) is 7.11 Å².